The van der Waals surface area contributed by atoms with E-state index in [-0.39, 0.29) is 0 Å². The topological polar surface area (TPSA) is 29.9 Å². The van der Waals surface area contributed by atoms with E-state index in [0.717, 1.165) is 19.6 Å². The van der Waals surface area contributed by atoms with E-state index in [0.29, 0.717) is 0 Å². The first-order valence-electron chi connectivity index (χ1n) is 6.00. The quantitative estimate of drug-likeness (QED) is 0.797. The molecule has 0 atom stereocenters. The number of hydrogen-bond acceptors (Lipinski definition) is 2. The van der Waals surface area contributed by atoms with Gasteiger partial charge in [-0.15, -0.1) is 0 Å². The van der Waals surface area contributed by atoms with E-state index in [1.165, 1.54) is 16.7 Å². The van der Waals surface area contributed by atoms with Gasteiger partial charge in [-0.05, 0) is 31.0 Å². The largest absolute Gasteiger partial charge is 0.311 e. The predicted molar refractivity (Wildman–Crippen MR) is 69.8 cm³/mol. The molecule has 1 N–H and O–H groups in total. The molecule has 0 aliphatic carbocycles. The van der Waals surface area contributed by atoms with E-state index >= 15 is 0 Å². The minimum absolute atomic E-state index is 0.915. The maximum atomic E-state index is 4.17. The van der Waals surface area contributed by atoms with Gasteiger partial charge in [0.1, 0.15) is 0 Å². The van der Waals surface area contributed by atoms with Gasteiger partial charge in [0.25, 0.3) is 0 Å². The Morgan fingerprint density at radius 2 is 2.18 bits per heavy atom. The SMILES string of the molecule is Cc1ccc(CNCCn2cccn2)c(C)c1. The molecule has 0 saturated heterocycles. The molecular formula is C14H19N3. The fraction of sp³-hybridized carbons (Fsp3) is 0.357. The smallest absolute Gasteiger partial charge is 0.0534 e. The number of aryl methyl sites for hydroxylation is 2. The van der Waals surface area contributed by atoms with Gasteiger partial charge in [0.05, 0.1) is 6.54 Å². The fourth-order valence-corrected chi connectivity index (χ4v) is 1.89. The number of hydrogen-bond donors (Lipinski definition) is 1. The third kappa shape index (κ3) is 3.43. The van der Waals surface area contributed by atoms with Gasteiger partial charge in [-0.3, -0.25) is 4.68 Å². The van der Waals surface area contributed by atoms with Crippen LogP contribution in [0, 0.1) is 13.8 Å². The predicted octanol–water partition coefficient (Wildman–Crippen LogP) is 2.29. The number of benzene rings is 1. The summed E-state index contributed by atoms with van der Waals surface area (Å²) in [5.41, 5.74) is 4.05. The van der Waals surface area contributed by atoms with Crippen molar-refractivity contribution in [3.63, 3.8) is 0 Å². The van der Waals surface area contributed by atoms with Crippen molar-refractivity contribution in [2.45, 2.75) is 26.9 Å². The number of nitrogens with zero attached hydrogens (tertiary/aromatic N) is 2. The molecule has 0 aliphatic heterocycles. The van der Waals surface area contributed by atoms with Crippen LogP contribution in [0.2, 0.25) is 0 Å². The summed E-state index contributed by atoms with van der Waals surface area (Å²) in [6.07, 6.45) is 3.79. The standard InChI is InChI=1S/C14H19N3/c1-12-4-5-14(13(2)10-12)11-15-7-9-17-8-3-6-16-17/h3-6,8,10,15H,7,9,11H2,1-2H3. The zero-order valence-corrected chi connectivity index (χ0v) is 10.5. The molecule has 0 unspecified atom stereocenters. The van der Waals surface area contributed by atoms with Crippen LogP contribution in [-0.4, -0.2) is 16.3 Å². The van der Waals surface area contributed by atoms with Crippen molar-refractivity contribution in [2.24, 2.45) is 0 Å². The second kappa shape index (κ2) is 5.64. The Labute approximate surface area is 102 Å². The molecule has 0 aliphatic rings. The molecule has 0 amide bonds. The Hall–Kier alpha value is -1.61. The Balaban J connectivity index is 1.78. The number of aromatic nitrogens is 2. The van der Waals surface area contributed by atoms with Crippen LogP contribution in [0.5, 0.6) is 0 Å². The minimum Gasteiger partial charge on any atom is -0.311 e. The highest BCUT2D eigenvalue weighted by molar-refractivity contribution is 5.30. The average molecular weight is 229 g/mol. The van der Waals surface area contributed by atoms with Gasteiger partial charge in [0, 0.05) is 25.5 Å². The summed E-state index contributed by atoms with van der Waals surface area (Å²) >= 11 is 0. The van der Waals surface area contributed by atoms with Crippen molar-refractivity contribution in [3.05, 3.63) is 53.3 Å². The van der Waals surface area contributed by atoms with Gasteiger partial charge in [0.15, 0.2) is 0 Å². The Morgan fingerprint density at radius 3 is 2.88 bits per heavy atom. The van der Waals surface area contributed by atoms with Crippen LogP contribution >= 0.6 is 0 Å². The van der Waals surface area contributed by atoms with Crippen LogP contribution < -0.4 is 5.32 Å². The molecule has 3 heteroatoms. The van der Waals surface area contributed by atoms with E-state index in [1.807, 2.05) is 23.1 Å². The van der Waals surface area contributed by atoms with E-state index < -0.39 is 0 Å². The zero-order valence-electron chi connectivity index (χ0n) is 10.5. The Morgan fingerprint density at radius 1 is 1.29 bits per heavy atom. The zero-order chi connectivity index (χ0) is 12.1. The lowest BCUT2D eigenvalue weighted by Crippen LogP contribution is -2.20. The highest BCUT2D eigenvalue weighted by atomic mass is 15.3. The molecule has 90 valence electrons. The Bertz CT molecular complexity index is 460. The van der Waals surface area contributed by atoms with Crippen LogP contribution in [0.1, 0.15) is 16.7 Å². The summed E-state index contributed by atoms with van der Waals surface area (Å²) in [6.45, 7) is 7.07. The Kier molecular flexibility index (Phi) is 3.94. The molecule has 17 heavy (non-hydrogen) atoms. The first-order valence-corrected chi connectivity index (χ1v) is 6.00. The first kappa shape index (κ1) is 11.9. The lowest BCUT2D eigenvalue weighted by atomic mass is 10.1. The molecular weight excluding hydrogens is 210 g/mol. The van der Waals surface area contributed by atoms with Crippen molar-refractivity contribution in [2.75, 3.05) is 6.54 Å². The summed E-state index contributed by atoms with van der Waals surface area (Å²) in [5, 5.41) is 7.61. The number of rotatable bonds is 5. The fourth-order valence-electron chi connectivity index (χ4n) is 1.89. The molecule has 2 rings (SSSR count). The number of nitrogens with one attached hydrogen (secondary N) is 1. The normalized spacial score (nSPS) is 10.7. The van der Waals surface area contributed by atoms with Crippen molar-refractivity contribution in [1.82, 2.24) is 15.1 Å². The monoisotopic (exact) mass is 229 g/mol. The summed E-state index contributed by atoms with van der Waals surface area (Å²) in [4.78, 5) is 0. The lowest BCUT2D eigenvalue weighted by molar-refractivity contribution is 0.554. The third-order valence-corrected chi connectivity index (χ3v) is 2.89. The molecule has 2 aromatic rings. The van der Waals surface area contributed by atoms with Gasteiger partial charge >= 0.3 is 0 Å². The third-order valence-electron chi connectivity index (χ3n) is 2.89. The molecule has 0 saturated carbocycles. The van der Waals surface area contributed by atoms with Gasteiger partial charge in [-0.1, -0.05) is 23.8 Å². The summed E-state index contributed by atoms with van der Waals surface area (Å²) < 4.78 is 1.94. The second-order valence-corrected chi connectivity index (χ2v) is 4.38. The van der Waals surface area contributed by atoms with Crippen molar-refractivity contribution >= 4 is 0 Å². The average Bonchev–Trinajstić information content (AvgIpc) is 2.79. The maximum Gasteiger partial charge on any atom is 0.0534 e. The minimum atomic E-state index is 0.915. The van der Waals surface area contributed by atoms with Crippen LogP contribution in [0.3, 0.4) is 0 Å². The van der Waals surface area contributed by atoms with Crippen LogP contribution in [0.4, 0.5) is 0 Å². The highest BCUT2D eigenvalue weighted by Crippen LogP contribution is 2.09. The van der Waals surface area contributed by atoms with Crippen molar-refractivity contribution in [1.29, 1.82) is 0 Å². The summed E-state index contributed by atoms with van der Waals surface area (Å²) in [7, 11) is 0. The summed E-state index contributed by atoms with van der Waals surface area (Å²) in [6, 6.07) is 8.54. The van der Waals surface area contributed by atoms with E-state index in [4.69, 9.17) is 0 Å². The lowest BCUT2D eigenvalue weighted by Gasteiger charge is -2.08. The van der Waals surface area contributed by atoms with Gasteiger partial charge in [-0.2, -0.15) is 5.10 Å². The van der Waals surface area contributed by atoms with Gasteiger partial charge < -0.3 is 5.32 Å². The van der Waals surface area contributed by atoms with Crippen LogP contribution in [0.25, 0.3) is 0 Å². The first-order chi connectivity index (χ1) is 8.25. The molecule has 1 aromatic heterocycles. The maximum absolute atomic E-state index is 4.17. The molecule has 0 fully saturated rings. The van der Waals surface area contributed by atoms with E-state index in [2.05, 4.69) is 42.5 Å². The summed E-state index contributed by atoms with van der Waals surface area (Å²) in [5.74, 6) is 0. The molecule has 1 heterocycles. The molecule has 0 spiro atoms. The van der Waals surface area contributed by atoms with Crippen LogP contribution in [-0.2, 0) is 13.1 Å². The van der Waals surface area contributed by atoms with Gasteiger partial charge in [-0.25, -0.2) is 0 Å². The van der Waals surface area contributed by atoms with E-state index in [1.54, 1.807) is 0 Å². The van der Waals surface area contributed by atoms with Crippen LogP contribution in [0.15, 0.2) is 36.7 Å². The molecule has 0 radical (unpaired) electrons. The second-order valence-electron chi connectivity index (χ2n) is 4.38. The van der Waals surface area contributed by atoms with Gasteiger partial charge in [0.2, 0.25) is 0 Å². The van der Waals surface area contributed by atoms with Crippen molar-refractivity contribution in [3.8, 4) is 0 Å². The molecule has 1 aromatic carbocycles. The highest BCUT2D eigenvalue weighted by Gasteiger charge is 1.98. The van der Waals surface area contributed by atoms with Crippen molar-refractivity contribution < 1.29 is 0 Å². The van der Waals surface area contributed by atoms with E-state index in [9.17, 15) is 0 Å². The molecule has 3 nitrogen and oxygen atoms in total. The molecule has 0 bridgehead atoms.